The quantitative estimate of drug-likeness (QED) is 0.269. The van der Waals surface area contributed by atoms with Gasteiger partial charge in [0.1, 0.15) is 5.69 Å². The molecule has 0 aliphatic rings. The fourth-order valence-corrected chi connectivity index (χ4v) is 4.90. The first-order valence-electron chi connectivity index (χ1n) is 10.8. The minimum atomic E-state index is -3.75. The van der Waals surface area contributed by atoms with E-state index >= 15 is 0 Å². The SMILES string of the molecule is Cc1ccc(S(=O)(=O)Nc2ccc(Cn3cnc(-c4nc(-c5ccc(Cl)cc5)no4)c3)cc2)cc1Cl. The third kappa shape index (κ3) is 5.28. The number of nitrogens with one attached hydrogen (secondary N) is 1. The highest BCUT2D eigenvalue weighted by atomic mass is 35.5. The molecule has 8 nitrogen and oxygen atoms in total. The van der Waals surface area contributed by atoms with Gasteiger partial charge in [0, 0.05) is 34.0 Å². The van der Waals surface area contributed by atoms with Crippen LogP contribution in [-0.2, 0) is 16.6 Å². The lowest BCUT2D eigenvalue weighted by molar-refractivity contribution is 0.431. The number of imidazole rings is 1. The van der Waals surface area contributed by atoms with Crippen LogP contribution in [0.2, 0.25) is 10.0 Å². The molecular formula is C25H19Cl2N5O3S. The highest BCUT2D eigenvalue weighted by molar-refractivity contribution is 7.92. The van der Waals surface area contributed by atoms with Gasteiger partial charge in [-0.1, -0.05) is 46.6 Å². The monoisotopic (exact) mass is 539 g/mol. The van der Waals surface area contributed by atoms with Gasteiger partial charge in [-0.15, -0.1) is 0 Å². The van der Waals surface area contributed by atoms with E-state index in [1.165, 1.54) is 12.1 Å². The summed E-state index contributed by atoms with van der Waals surface area (Å²) in [6, 6.07) is 18.9. The fraction of sp³-hybridized carbons (Fsp3) is 0.0800. The van der Waals surface area contributed by atoms with Gasteiger partial charge in [-0.05, 0) is 66.6 Å². The molecule has 5 aromatic rings. The van der Waals surface area contributed by atoms with Crippen molar-refractivity contribution in [3.63, 3.8) is 0 Å². The van der Waals surface area contributed by atoms with Gasteiger partial charge in [0.2, 0.25) is 5.82 Å². The summed E-state index contributed by atoms with van der Waals surface area (Å²) in [7, 11) is -3.75. The van der Waals surface area contributed by atoms with Crippen molar-refractivity contribution < 1.29 is 12.9 Å². The van der Waals surface area contributed by atoms with E-state index in [1.807, 2.05) is 35.8 Å². The highest BCUT2D eigenvalue weighted by Crippen LogP contribution is 2.24. The first kappa shape index (κ1) is 24.1. The molecule has 0 saturated carbocycles. The zero-order chi connectivity index (χ0) is 25.3. The largest absolute Gasteiger partial charge is 0.332 e. The van der Waals surface area contributed by atoms with Crippen LogP contribution in [0.1, 0.15) is 11.1 Å². The molecule has 0 bridgehead atoms. The van der Waals surface area contributed by atoms with Gasteiger partial charge in [-0.3, -0.25) is 4.72 Å². The standard InChI is InChI=1S/C25H19Cl2N5O3S/c1-16-2-11-21(12-22(16)27)36(33,34)31-20-9-3-17(4-10-20)13-32-14-23(28-15-32)25-29-24(30-35-25)18-5-7-19(26)8-6-18/h2-12,14-15,31H,13H2,1H3. The van der Waals surface area contributed by atoms with Crippen LogP contribution in [0.5, 0.6) is 0 Å². The molecule has 3 aromatic carbocycles. The number of benzene rings is 3. The number of halogens is 2. The van der Waals surface area contributed by atoms with Crippen LogP contribution >= 0.6 is 23.2 Å². The molecule has 5 rings (SSSR count). The predicted octanol–water partition coefficient (Wildman–Crippen LogP) is 6.06. The second-order valence-corrected chi connectivity index (χ2v) is 10.6. The maximum absolute atomic E-state index is 12.7. The summed E-state index contributed by atoms with van der Waals surface area (Å²) in [5.74, 6) is 0.752. The highest BCUT2D eigenvalue weighted by Gasteiger charge is 2.16. The Kier molecular flexibility index (Phi) is 6.53. The molecule has 0 atom stereocenters. The van der Waals surface area contributed by atoms with Gasteiger partial charge in [0.25, 0.3) is 15.9 Å². The van der Waals surface area contributed by atoms with Gasteiger partial charge in [-0.2, -0.15) is 4.98 Å². The van der Waals surface area contributed by atoms with E-state index < -0.39 is 10.0 Å². The molecule has 0 aliphatic carbocycles. The van der Waals surface area contributed by atoms with Gasteiger partial charge < -0.3 is 9.09 Å². The first-order chi connectivity index (χ1) is 17.3. The summed E-state index contributed by atoms with van der Waals surface area (Å²) < 4.78 is 35.2. The lowest BCUT2D eigenvalue weighted by Gasteiger charge is -2.10. The topological polar surface area (TPSA) is 103 Å². The molecule has 0 radical (unpaired) electrons. The second-order valence-electron chi connectivity index (χ2n) is 8.07. The number of sulfonamides is 1. The number of hydrogen-bond acceptors (Lipinski definition) is 6. The molecule has 0 aliphatic heterocycles. The average molecular weight is 540 g/mol. The fourth-order valence-electron chi connectivity index (χ4n) is 3.44. The van der Waals surface area contributed by atoms with Crippen LogP contribution in [-0.4, -0.2) is 28.1 Å². The zero-order valence-corrected chi connectivity index (χ0v) is 21.2. The summed E-state index contributed by atoms with van der Waals surface area (Å²) >= 11 is 12.0. The molecule has 1 N–H and O–H groups in total. The summed E-state index contributed by atoms with van der Waals surface area (Å²) in [4.78, 5) is 8.88. The molecule has 0 unspecified atom stereocenters. The lowest BCUT2D eigenvalue weighted by Crippen LogP contribution is -2.13. The van der Waals surface area contributed by atoms with Gasteiger partial charge >= 0.3 is 0 Å². The van der Waals surface area contributed by atoms with Crippen LogP contribution in [0.15, 0.2) is 88.7 Å². The molecule has 0 fully saturated rings. The van der Waals surface area contributed by atoms with E-state index in [0.29, 0.717) is 39.7 Å². The number of nitrogens with zero attached hydrogens (tertiary/aromatic N) is 4. The Labute approximate surface area is 217 Å². The molecule has 11 heteroatoms. The summed E-state index contributed by atoms with van der Waals surface area (Å²) in [5, 5.41) is 5.04. The Balaban J connectivity index is 1.25. The van der Waals surface area contributed by atoms with Crippen molar-refractivity contribution >= 4 is 38.9 Å². The molecule has 0 spiro atoms. The van der Waals surface area contributed by atoms with E-state index in [1.54, 1.807) is 42.9 Å². The predicted molar refractivity (Wildman–Crippen MR) is 139 cm³/mol. The van der Waals surface area contributed by atoms with Gasteiger partial charge in [0.15, 0.2) is 0 Å². The molecular weight excluding hydrogens is 521 g/mol. The van der Waals surface area contributed by atoms with E-state index in [0.717, 1.165) is 16.7 Å². The molecule has 2 aromatic heterocycles. The normalized spacial score (nSPS) is 11.5. The number of anilines is 1. The Morgan fingerprint density at radius 3 is 2.47 bits per heavy atom. The lowest BCUT2D eigenvalue weighted by atomic mass is 10.2. The molecule has 2 heterocycles. The van der Waals surface area contributed by atoms with Crippen molar-refractivity contribution in [2.24, 2.45) is 0 Å². The minimum Gasteiger partial charge on any atom is -0.332 e. The minimum absolute atomic E-state index is 0.105. The average Bonchev–Trinajstić information content (AvgIpc) is 3.52. The molecule has 36 heavy (non-hydrogen) atoms. The van der Waals surface area contributed by atoms with Crippen molar-refractivity contribution in [1.29, 1.82) is 0 Å². The third-order valence-corrected chi connectivity index (χ3v) is 7.44. The number of aromatic nitrogens is 4. The maximum atomic E-state index is 12.7. The van der Waals surface area contributed by atoms with Crippen LogP contribution in [0.25, 0.3) is 23.0 Å². The van der Waals surface area contributed by atoms with Crippen molar-refractivity contribution in [3.8, 4) is 23.0 Å². The van der Waals surface area contributed by atoms with Crippen molar-refractivity contribution in [2.45, 2.75) is 18.4 Å². The van der Waals surface area contributed by atoms with E-state index in [9.17, 15) is 8.42 Å². The molecule has 182 valence electrons. The van der Waals surface area contributed by atoms with Crippen LogP contribution in [0.4, 0.5) is 5.69 Å². The number of aryl methyl sites for hydroxylation is 1. The van der Waals surface area contributed by atoms with Gasteiger partial charge in [-0.25, -0.2) is 13.4 Å². The van der Waals surface area contributed by atoms with Crippen LogP contribution < -0.4 is 4.72 Å². The van der Waals surface area contributed by atoms with Crippen LogP contribution in [0.3, 0.4) is 0 Å². The summed E-state index contributed by atoms with van der Waals surface area (Å²) in [6.45, 7) is 2.33. The third-order valence-electron chi connectivity index (χ3n) is 5.41. The van der Waals surface area contributed by atoms with Crippen molar-refractivity contribution in [2.75, 3.05) is 4.72 Å². The van der Waals surface area contributed by atoms with E-state index in [-0.39, 0.29) is 4.90 Å². The Hall–Kier alpha value is -3.66. The first-order valence-corrected chi connectivity index (χ1v) is 13.0. The Morgan fingerprint density at radius 2 is 1.75 bits per heavy atom. The summed E-state index contributed by atoms with van der Waals surface area (Å²) in [5.41, 5.74) is 3.54. The molecule has 0 saturated heterocycles. The zero-order valence-electron chi connectivity index (χ0n) is 18.9. The summed E-state index contributed by atoms with van der Waals surface area (Å²) in [6.07, 6.45) is 3.47. The number of hydrogen-bond donors (Lipinski definition) is 1. The van der Waals surface area contributed by atoms with Crippen molar-refractivity contribution in [1.82, 2.24) is 19.7 Å². The maximum Gasteiger partial charge on any atom is 0.278 e. The smallest absolute Gasteiger partial charge is 0.278 e. The van der Waals surface area contributed by atoms with Gasteiger partial charge in [0.05, 0.1) is 11.2 Å². The van der Waals surface area contributed by atoms with E-state index in [4.69, 9.17) is 27.7 Å². The second kappa shape index (κ2) is 9.77. The Morgan fingerprint density at radius 1 is 1.00 bits per heavy atom. The van der Waals surface area contributed by atoms with E-state index in [2.05, 4.69) is 19.8 Å². The van der Waals surface area contributed by atoms with Crippen molar-refractivity contribution in [3.05, 3.63) is 100 Å². The number of rotatable bonds is 7. The Bertz CT molecular complexity index is 1630. The molecule has 0 amide bonds. The van der Waals surface area contributed by atoms with Crippen LogP contribution in [0, 0.1) is 6.92 Å².